The molecule has 0 bridgehead atoms. The van der Waals surface area contributed by atoms with E-state index in [0.717, 1.165) is 44.9 Å². The Labute approximate surface area is 192 Å². The summed E-state index contributed by atoms with van der Waals surface area (Å²) in [6.07, 6.45) is 1.44. The summed E-state index contributed by atoms with van der Waals surface area (Å²) in [7, 11) is 0. The molecule has 3 aromatic heterocycles. The third-order valence-electron chi connectivity index (χ3n) is 5.85. The number of nitrogens with one attached hydrogen (secondary N) is 2. The number of amides is 1. The highest BCUT2D eigenvalue weighted by atomic mass is 16.5. The van der Waals surface area contributed by atoms with Crippen LogP contribution in [0.1, 0.15) is 39.1 Å². The van der Waals surface area contributed by atoms with Crippen LogP contribution in [0.2, 0.25) is 0 Å². The lowest BCUT2D eigenvalue weighted by Gasteiger charge is -2.32. The molecule has 4 aromatic rings. The molecule has 1 atom stereocenters. The largest absolute Gasteiger partial charge is 0.368 e. The topological polar surface area (TPSA) is 96.0 Å². The van der Waals surface area contributed by atoms with Gasteiger partial charge in [-0.15, -0.1) is 0 Å². The van der Waals surface area contributed by atoms with E-state index < -0.39 is 0 Å². The van der Waals surface area contributed by atoms with Crippen LogP contribution in [0.25, 0.3) is 10.9 Å². The summed E-state index contributed by atoms with van der Waals surface area (Å²) in [6, 6.07) is 13.8. The summed E-state index contributed by atoms with van der Waals surface area (Å²) in [6.45, 7) is 7.34. The Morgan fingerprint density at radius 3 is 2.91 bits per heavy atom. The van der Waals surface area contributed by atoms with Gasteiger partial charge in [0.1, 0.15) is 11.9 Å². The van der Waals surface area contributed by atoms with Crippen molar-refractivity contribution in [3.63, 3.8) is 0 Å². The highest BCUT2D eigenvalue weighted by Crippen LogP contribution is 2.27. The second-order valence-electron chi connectivity index (χ2n) is 8.45. The number of hydrogen-bond donors (Lipinski definition) is 2. The normalized spacial score (nSPS) is 16.2. The quantitative estimate of drug-likeness (QED) is 0.491. The number of morpholine rings is 1. The molecule has 33 heavy (non-hydrogen) atoms. The van der Waals surface area contributed by atoms with Gasteiger partial charge in [-0.1, -0.05) is 17.7 Å². The predicted octanol–water partition coefficient (Wildman–Crippen LogP) is 4.24. The number of H-pyrrole nitrogens is 1. The van der Waals surface area contributed by atoms with Crippen molar-refractivity contribution in [3.05, 3.63) is 76.9 Å². The van der Waals surface area contributed by atoms with Gasteiger partial charge >= 0.3 is 0 Å². The summed E-state index contributed by atoms with van der Waals surface area (Å²) < 4.78 is 6.02. The van der Waals surface area contributed by atoms with Crippen LogP contribution in [0, 0.1) is 20.8 Å². The van der Waals surface area contributed by atoms with E-state index >= 15 is 0 Å². The third kappa shape index (κ3) is 4.29. The van der Waals surface area contributed by atoms with Crippen LogP contribution in [-0.2, 0) is 4.74 Å². The number of benzene rings is 1. The van der Waals surface area contributed by atoms with Crippen molar-refractivity contribution in [2.45, 2.75) is 26.9 Å². The molecule has 168 valence electrons. The molecule has 5 rings (SSSR count). The lowest BCUT2D eigenvalue weighted by molar-refractivity contribution is -0.0248. The second kappa shape index (κ2) is 8.63. The first-order valence-corrected chi connectivity index (χ1v) is 11.0. The lowest BCUT2D eigenvalue weighted by atomic mass is 10.1. The van der Waals surface area contributed by atoms with Crippen molar-refractivity contribution in [2.24, 2.45) is 0 Å². The summed E-state index contributed by atoms with van der Waals surface area (Å²) in [5.74, 6) is 0.700. The number of carbonyl (C=O) groups is 1. The molecule has 8 nitrogen and oxygen atoms in total. The molecule has 8 heteroatoms. The van der Waals surface area contributed by atoms with E-state index in [2.05, 4.69) is 20.5 Å². The number of nitrogens with zero attached hydrogens (tertiary/aromatic N) is 4. The van der Waals surface area contributed by atoms with Gasteiger partial charge < -0.3 is 15.0 Å². The molecule has 4 heterocycles. The molecule has 1 saturated heterocycles. The average Bonchev–Trinajstić information content (AvgIpc) is 3.23. The number of aromatic nitrogens is 4. The minimum atomic E-state index is -0.320. The Hall–Kier alpha value is -3.78. The number of rotatable bonds is 4. The van der Waals surface area contributed by atoms with Crippen LogP contribution in [0.3, 0.4) is 0 Å². The monoisotopic (exact) mass is 442 g/mol. The van der Waals surface area contributed by atoms with E-state index in [-0.39, 0.29) is 12.0 Å². The Kier molecular flexibility index (Phi) is 5.51. The molecule has 0 spiro atoms. The van der Waals surface area contributed by atoms with Crippen LogP contribution in [-0.4, -0.2) is 50.7 Å². The minimum Gasteiger partial charge on any atom is -0.368 e. The van der Waals surface area contributed by atoms with Crippen LogP contribution in [0.5, 0.6) is 0 Å². The maximum absolute atomic E-state index is 13.3. The van der Waals surface area contributed by atoms with Gasteiger partial charge in [0.15, 0.2) is 5.69 Å². The number of carbonyl (C=O) groups excluding carboxylic acids is 1. The van der Waals surface area contributed by atoms with Gasteiger partial charge in [0.2, 0.25) is 0 Å². The molecule has 1 aliphatic rings. The molecule has 1 amide bonds. The smallest absolute Gasteiger partial charge is 0.275 e. The van der Waals surface area contributed by atoms with Gasteiger partial charge in [-0.2, -0.15) is 5.10 Å². The van der Waals surface area contributed by atoms with E-state index in [0.29, 0.717) is 25.4 Å². The van der Waals surface area contributed by atoms with Gasteiger partial charge in [-0.05, 0) is 56.7 Å². The number of hydrogen-bond acceptors (Lipinski definition) is 6. The lowest BCUT2D eigenvalue weighted by Crippen LogP contribution is -2.42. The second-order valence-corrected chi connectivity index (χ2v) is 8.45. The number of ether oxygens (including phenoxy) is 1. The van der Waals surface area contributed by atoms with E-state index in [1.807, 2.05) is 63.2 Å². The molecule has 0 radical (unpaired) electrons. The molecule has 2 N–H and O–H groups in total. The minimum absolute atomic E-state index is 0.102. The fourth-order valence-corrected chi connectivity index (χ4v) is 4.14. The Balaban J connectivity index is 1.38. The molecule has 0 aliphatic carbocycles. The van der Waals surface area contributed by atoms with Crippen molar-refractivity contribution < 1.29 is 9.53 Å². The van der Waals surface area contributed by atoms with Crippen LogP contribution in [0.4, 0.5) is 11.5 Å². The molecular formula is C25H26N6O2. The maximum atomic E-state index is 13.3. The standard InChI is InChI=1S/C25H26N6O2/c1-15-6-7-20-19(11-15)23(30-29-20)25(32)31-9-10-33-22(14-31)21-13-18(12-17(3)27-21)28-24-16(2)5-4-8-26-24/h4-8,11-13,22H,9-10,14H2,1-3H3,(H,29,30)(H,26,27,28)/t22-/m0/s1. The molecule has 1 aromatic carbocycles. The number of aryl methyl sites for hydroxylation is 3. The highest BCUT2D eigenvalue weighted by molar-refractivity contribution is 6.04. The van der Waals surface area contributed by atoms with Crippen LogP contribution in [0.15, 0.2) is 48.7 Å². The van der Waals surface area contributed by atoms with Crippen LogP contribution >= 0.6 is 0 Å². The van der Waals surface area contributed by atoms with E-state index in [1.165, 1.54) is 0 Å². The first-order valence-electron chi connectivity index (χ1n) is 11.0. The SMILES string of the molecule is Cc1ccc2[nH]nc(C(=O)N3CCO[C@H](c4cc(Nc5ncccc5C)cc(C)n4)C3)c2c1. The number of aromatic amines is 1. The summed E-state index contributed by atoms with van der Waals surface area (Å²) in [4.78, 5) is 24.2. The van der Waals surface area contributed by atoms with Crippen molar-refractivity contribution in [3.8, 4) is 0 Å². The Bertz CT molecular complexity index is 1330. The molecule has 1 fully saturated rings. The number of anilines is 2. The number of pyridine rings is 2. The van der Waals surface area contributed by atoms with E-state index in [1.54, 1.807) is 11.1 Å². The summed E-state index contributed by atoms with van der Waals surface area (Å²) in [5, 5.41) is 11.5. The van der Waals surface area contributed by atoms with Gasteiger partial charge in [0.25, 0.3) is 5.91 Å². The zero-order valence-corrected chi connectivity index (χ0v) is 18.9. The first kappa shape index (κ1) is 21.1. The summed E-state index contributed by atoms with van der Waals surface area (Å²) in [5.41, 5.74) is 5.98. The molecular weight excluding hydrogens is 416 g/mol. The first-order chi connectivity index (χ1) is 16.0. The molecule has 0 saturated carbocycles. The zero-order chi connectivity index (χ0) is 22.9. The van der Waals surface area contributed by atoms with E-state index in [4.69, 9.17) is 9.72 Å². The maximum Gasteiger partial charge on any atom is 0.275 e. The highest BCUT2D eigenvalue weighted by Gasteiger charge is 2.29. The summed E-state index contributed by atoms with van der Waals surface area (Å²) >= 11 is 0. The van der Waals surface area contributed by atoms with Crippen molar-refractivity contribution in [2.75, 3.05) is 25.0 Å². The van der Waals surface area contributed by atoms with Gasteiger partial charge in [-0.3, -0.25) is 14.9 Å². The van der Waals surface area contributed by atoms with Gasteiger partial charge in [0, 0.05) is 29.5 Å². The van der Waals surface area contributed by atoms with Crippen LogP contribution < -0.4 is 5.32 Å². The van der Waals surface area contributed by atoms with Crippen molar-refractivity contribution >= 4 is 28.3 Å². The van der Waals surface area contributed by atoms with Crippen molar-refractivity contribution in [1.82, 2.24) is 25.1 Å². The molecule has 1 aliphatic heterocycles. The van der Waals surface area contributed by atoms with Gasteiger partial charge in [0.05, 0.1) is 24.4 Å². The number of fused-ring (bicyclic) bond motifs is 1. The Morgan fingerprint density at radius 2 is 2.06 bits per heavy atom. The predicted molar refractivity (Wildman–Crippen MR) is 127 cm³/mol. The fraction of sp³-hybridized carbons (Fsp3) is 0.280. The van der Waals surface area contributed by atoms with E-state index in [9.17, 15) is 4.79 Å². The van der Waals surface area contributed by atoms with Gasteiger partial charge in [-0.25, -0.2) is 4.98 Å². The fourth-order valence-electron chi connectivity index (χ4n) is 4.14. The Morgan fingerprint density at radius 1 is 1.18 bits per heavy atom. The third-order valence-corrected chi connectivity index (χ3v) is 5.85. The van der Waals surface area contributed by atoms with Crippen molar-refractivity contribution in [1.29, 1.82) is 0 Å². The zero-order valence-electron chi connectivity index (χ0n) is 18.9. The molecule has 0 unspecified atom stereocenters. The average molecular weight is 443 g/mol.